The van der Waals surface area contributed by atoms with Gasteiger partial charge in [0.25, 0.3) is 5.92 Å². The molecule has 0 aromatic carbocycles. The maximum absolute atomic E-state index is 13.3. The third-order valence-electron chi connectivity index (χ3n) is 6.36. The molecule has 1 aromatic rings. The number of hydrogen-bond acceptors (Lipinski definition) is 4. The fraction of sp³-hybridized carbons (Fsp3) is 0.875. The van der Waals surface area contributed by atoms with Crippen LogP contribution in [0, 0.1) is 17.8 Å². The highest BCUT2D eigenvalue weighted by atomic mass is 35.5. The van der Waals surface area contributed by atoms with Crippen molar-refractivity contribution >= 4 is 12.4 Å². The topological polar surface area (TPSA) is 51.0 Å². The Labute approximate surface area is 140 Å². The first-order valence-electron chi connectivity index (χ1n) is 8.47. The van der Waals surface area contributed by atoms with Crippen LogP contribution in [0.2, 0.25) is 0 Å². The highest BCUT2D eigenvalue weighted by Crippen LogP contribution is 2.60. The Balaban J connectivity index is 0.00000135. The molecule has 4 aliphatic carbocycles. The minimum atomic E-state index is -2.67. The van der Waals surface area contributed by atoms with Crippen molar-refractivity contribution in [3.63, 3.8) is 0 Å². The van der Waals surface area contributed by atoms with E-state index in [4.69, 9.17) is 4.52 Å². The molecule has 6 rings (SSSR count). The average Bonchev–Trinajstić information content (AvgIpc) is 3.03. The fourth-order valence-electron chi connectivity index (χ4n) is 5.87. The molecular weight excluding hydrogens is 324 g/mol. The van der Waals surface area contributed by atoms with E-state index < -0.39 is 12.0 Å². The monoisotopic (exact) mass is 345 g/mol. The molecule has 7 heteroatoms. The first-order chi connectivity index (χ1) is 10.5. The fourth-order valence-corrected chi connectivity index (χ4v) is 5.87. The summed E-state index contributed by atoms with van der Waals surface area (Å²) in [6.07, 6.45) is 7.32. The van der Waals surface area contributed by atoms with E-state index in [2.05, 4.69) is 15.5 Å². The summed E-state index contributed by atoms with van der Waals surface area (Å²) in [5, 5.41) is 7.03. The minimum absolute atomic E-state index is 0. The van der Waals surface area contributed by atoms with Crippen molar-refractivity contribution in [3.05, 3.63) is 11.7 Å². The molecule has 1 saturated heterocycles. The lowest BCUT2D eigenvalue weighted by atomic mass is 9.49. The Hall–Kier alpha value is -0.750. The van der Waals surface area contributed by atoms with Gasteiger partial charge in [-0.05, 0) is 56.3 Å². The average molecular weight is 346 g/mol. The number of rotatable bonds is 2. The zero-order chi connectivity index (χ0) is 14.9. The van der Waals surface area contributed by atoms with Gasteiger partial charge in [0.05, 0.1) is 12.6 Å². The predicted octanol–water partition coefficient (Wildman–Crippen LogP) is 3.63. The summed E-state index contributed by atoms with van der Waals surface area (Å²) >= 11 is 0. The number of nitrogens with one attached hydrogen (secondary N) is 1. The summed E-state index contributed by atoms with van der Waals surface area (Å²) < 4.78 is 32.1. The van der Waals surface area contributed by atoms with Crippen LogP contribution in [0.3, 0.4) is 0 Å². The summed E-state index contributed by atoms with van der Waals surface area (Å²) in [5.41, 5.74) is 0.0671. The van der Waals surface area contributed by atoms with Crippen molar-refractivity contribution in [2.45, 2.75) is 62.3 Å². The van der Waals surface area contributed by atoms with Crippen molar-refractivity contribution in [1.82, 2.24) is 15.5 Å². The largest absolute Gasteiger partial charge is 0.338 e. The Morgan fingerprint density at radius 1 is 1.00 bits per heavy atom. The highest BCUT2D eigenvalue weighted by Gasteiger charge is 2.54. The van der Waals surface area contributed by atoms with E-state index in [1.165, 1.54) is 19.3 Å². The van der Waals surface area contributed by atoms with Gasteiger partial charge in [-0.3, -0.25) is 5.32 Å². The van der Waals surface area contributed by atoms with Crippen LogP contribution in [0.25, 0.3) is 0 Å². The zero-order valence-electron chi connectivity index (χ0n) is 12.9. The van der Waals surface area contributed by atoms with Gasteiger partial charge in [-0.2, -0.15) is 4.98 Å². The van der Waals surface area contributed by atoms with Crippen molar-refractivity contribution in [1.29, 1.82) is 0 Å². The number of alkyl halides is 2. The van der Waals surface area contributed by atoms with Gasteiger partial charge in [-0.1, -0.05) is 5.16 Å². The molecule has 1 N–H and O–H groups in total. The van der Waals surface area contributed by atoms with E-state index in [0.29, 0.717) is 5.89 Å². The Morgan fingerprint density at radius 2 is 1.61 bits per heavy atom. The summed E-state index contributed by atoms with van der Waals surface area (Å²) in [6, 6.07) is -0.495. The van der Waals surface area contributed by atoms with Crippen molar-refractivity contribution in [3.8, 4) is 0 Å². The van der Waals surface area contributed by atoms with E-state index in [1.807, 2.05) is 0 Å². The molecular formula is C16H22ClF2N3O. The van der Waals surface area contributed by atoms with Gasteiger partial charge in [0.2, 0.25) is 5.89 Å². The van der Waals surface area contributed by atoms with E-state index in [9.17, 15) is 8.78 Å². The van der Waals surface area contributed by atoms with Crippen molar-refractivity contribution in [2.75, 3.05) is 6.54 Å². The Morgan fingerprint density at radius 3 is 2.13 bits per heavy atom. The van der Waals surface area contributed by atoms with Crippen LogP contribution in [-0.2, 0) is 5.41 Å². The molecule has 4 nitrogen and oxygen atoms in total. The lowest BCUT2D eigenvalue weighted by Crippen LogP contribution is -2.49. The minimum Gasteiger partial charge on any atom is -0.338 e. The summed E-state index contributed by atoms with van der Waals surface area (Å²) in [4.78, 5) is 4.57. The lowest BCUT2D eigenvalue weighted by Gasteiger charge is -2.55. The van der Waals surface area contributed by atoms with Crippen LogP contribution >= 0.6 is 12.4 Å². The van der Waals surface area contributed by atoms with E-state index in [1.54, 1.807) is 0 Å². The quantitative estimate of drug-likeness (QED) is 0.889. The van der Waals surface area contributed by atoms with E-state index >= 15 is 0 Å². The summed E-state index contributed by atoms with van der Waals surface area (Å²) in [5.74, 6) is 0.896. The smallest absolute Gasteiger partial charge is 0.262 e. The van der Waals surface area contributed by atoms with Gasteiger partial charge in [-0.15, -0.1) is 12.4 Å². The predicted molar refractivity (Wildman–Crippen MR) is 81.7 cm³/mol. The number of nitrogens with zero attached hydrogens (tertiary/aromatic N) is 2. The van der Waals surface area contributed by atoms with Gasteiger partial charge >= 0.3 is 0 Å². The van der Waals surface area contributed by atoms with Gasteiger partial charge in [0, 0.05) is 11.8 Å². The zero-order valence-corrected chi connectivity index (χ0v) is 13.7. The molecule has 0 spiro atoms. The van der Waals surface area contributed by atoms with Crippen LogP contribution in [0.4, 0.5) is 8.78 Å². The summed E-state index contributed by atoms with van der Waals surface area (Å²) in [7, 11) is 0. The van der Waals surface area contributed by atoms with Gasteiger partial charge in [0.15, 0.2) is 5.82 Å². The molecule has 4 bridgehead atoms. The van der Waals surface area contributed by atoms with Gasteiger partial charge < -0.3 is 4.52 Å². The molecule has 4 saturated carbocycles. The molecule has 0 radical (unpaired) electrons. The molecule has 1 aliphatic heterocycles. The van der Waals surface area contributed by atoms with Gasteiger partial charge in [0.1, 0.15) is 0 Å². The van der Waals surface area contributed by atoms with E-state index in [0.717, 1.165) is 42.8 Å². The Bertz CT molecular complexity index is 571. The molecule has 128 valence electrons. The second-order valence-corrected chi connectivity index (χ2v) is 8.15. The Kier molecular flexibility index (Phi) is 3.51. The molecule has 1 aromatic heterocycles. The second-order valence-electron chi connectivity index (χ2n) is 8.15. The molecule has 5 fully saturated rings. The van der Waals surface area contributed by atoms with Crippen LogP contribution in [0.5, 0.6) is 0 Å². The molecule has 1 unspecified atom stereocenters. The first-order valence-corrected chi connectivity index (χ1v) is 8.47. The van der Waals surface area contributed by atoms with Crippen LogP contribution < -0.4 is 5.32 Å². The van der Waals surface area contributed by atoms with Crippen LogP contribution in [-0.4, -0.2) is 22.6 Å². The molecule has 5 aliphatic rings. The first kappa shape index (κ1) is 15.8. The third kappa shape index (κ3) is 2.49. The third-order valence-corrected chi connectivity index (χ3v) is 6.36. The maximum atomic E-state index is 13.3. The SMILES string of the molecule is Cl.FC1(F)CNC(c2nc(C34CC5CC(CC(C5)C3)C4)no2)C1. The second kappa shape index (κ2) is 5.12. The molecule has 1 atom stereocenters. The number of hydrogen-bond donors (Lipinski definition) is 1. The lowest BCUT2D eigenvalue weighted by molar-refractivity contribution is -0.0103. The maximum Gasteiger partial charge on any atom is 0.262 e. The molecule has 23 heavy (non-hydrogen) atoms. The standard InChI is InChI=1S/C16H21F2N3O.ClH/c17-16(18)7-12(19-8-16)13-20-14(21-22-13)15-4-9-1-10(5-15)3-11(2-9)6-15;/h9-12,19H,1-8H2;1H. The van der Waals surface area contributed by atoms with Crippen molar-refractivity contribution in [2.24, 2.45) is 17.8 Å². The van der Waals surface area contributed by atoms with Crippen LogP contribution in [0.15, 0.2) is 4.52 Å². The summed E-state index contributed by atoms with van der Waals surface area (Å²) in [6.45, 7) is -0.299. The highest BCUT2D eigenvalue weighted by molar-refractivity contribution is 5.85. The van der Waals surface area contributed by atoms with Gasteiger partial charge in [-0.25, -0.2) is 8.78 Å². The van der Waals surface area contributed by atoms with E-state index in [-0.39, 0.29) is 30.8 Å². The normalized spacial score (nSPS) is 43.6. The van der Waals surface area contributed by atoms with Crippen molar-refractivity contribution < 1.29 is 13.3 Å². The number of halogens is 3. The molecule has 0 amide bonds. The number of aromatic nitrogens is 2. The van der Waals surface area contributed by atoms with Crippen LogP contribution in [0.1, 0.15) is 62.7 Å². The molecule has 2 heterocycles.